The number of amides is 1. The second kappa shape index (κ2) is 7.78. The highest BCUT2D eigenvalue weighted by Gasteiger charge is 2.32. The fourth-order valence-corrected chi connectivity index (χ4v) is 2.45. The van der Waals surface area contributed by atoms with E-state index < -0.39 is 40.6 Å². The number of aromatic nitrogens is 1. The lowest BCUT2D eigenvalue weighted by Gasteiger charge is -2.06. The summed E-state index contributed by atoms with van der Waals surface area (Å²) in [7, 11) is 1.33. The van der Waals surface area contributed by atoms with E-state index in [2.05, 4.69) is 10.1 Å². The van der Waals surface area contributed by atoms with Crippen LogP contribution < -0.4 is 5.32 Å². The molecule has 0 spiro atoms. The van der Waals surface area contributed by atoms with E-state index in [1.54, 1.807) is 6.07 Å². The maximum Gasteiger partial charge on any atom is 0.381 e. The van der Waals surface area contributed by atoms with Crippen LogP contribution in [-0.4, -0.2) is 28.8 Å². The first-order chi connectivity index (χ1) is 12.7. The molecule has 0 bridgehead atoms. The lowest BCUT2D eigenvalue weighted by molar-refractivity contribution is -0.137. The Morgan fingerprint density at radius 3 is 2.56 bits per heavy atom. The first-order valence-electron chi connectivity index (χ1n) is 7.80. The Balaban J connectivity index is 2.40. The minimum atomic E-state index is -1.24. The molecule has 27 heavy (non-hydrogen) atoms. The zero-order chi connectivity index (χ0) is 20.3. The van der Waals surface area contributed by atoms with Crippen molar-refractivity contribution in [2.45, 2.75) is 13.8 Å². The number of anilines is 1. The molecule has 0 aliphatic heterocycles. The molecule has 0 atom stereocenters. The number of nitrogens with one attached hydrogen (secondary N) is 1. The van der Waals surface area contributed by atoms with Crippen LogP contribution in [0.1, 0.15) is 39.0 Å². The Morgan fingerprint density at radius 1 is 1.30 bits per heavy atom. The lowest BCUT2D eigenvalue weighted by atomic mass is 10.1. The van der Waals surface area contributed by atoms with Crippen molar-refractivity contribution in [1.82, 2.24) is 4.57 Å². The molecule has 0 aliphatic rings. The number of rotatable bonds is 5. The van der Waals surface area contributed by atoms with Gasteiger partial charge in [0.05, 0.1) is 17.7 Å². The third kappa shape index (κ3) is 3.69. The molecule has 1 heterocycles. The van der Waals surface area contributed by atoms with E-state index in [1.807, 2.05) is 0 Å². The summed E-state index contributed by atoms with van der Waals surface area (Å²) in [5.74, 6) is -5.30. The Morgan fingerprint density at radius 2 is 1.96 bits per heavy atom. The van der Waals surface area contributed by atoms with E-state index in [9.17, 15) is 23.2 Å². The quantitative estimate of drug-likeness (QED) is 0.491. The molecule has 1 amide bonds. The lowest BCUT2D eigenvalue weighted by Crippen LogP contribution is -2.21. The van der Waals surface area contributed by atoms with E-state index >= 15 is 0 Å². The number of esters is 1. The van der Waals surface area contributed by atoms with Gasteiger partial charge in [-0.2, -0.15) is 5.26 Å². The molecule has 0 aliphatic carbocycles. The van der Waals surface area contributed by atoms with Crippen molar-refractivity contribution < 1.29 is 27.9 Å². The number of hydrogen-bond donors (Lipinski definition) is 1. The van der Waals surface area contributed by atoms with Crippen LogP contribution in [0.5, 0.6) is 0 Å². The van der Waals surface area contributed by atoms with Crippen LogP contribution in [0.2, 0.25) is 0 Å². The summed E-state index contributed by atoms with van der Waals surface area (Å²) in [6.45, 7) is 2.83. The summed E-state index contributed by atoms with van der Waals surface area (Å²) in [6, 6.07) is 4.90. The average molecular weight is 375 g/mol. The topological polar surface area (TPSA) is 101 Å². The number of ether oxygens (including phenoxy) is 1. The van der Waals surface area contributed by atoms with Gasteiger partial charge in [0.2, 0.25) is 0 Å². The van der Waals surface area contributed by atoms with Crippen molar-refractivity contribution in [1.29, 1.82) is 5.26 Å². The summed E-state index contributed by atoms with van der Waals surface area (Å²) >= 11 is 0. The predicted octanol–water partition coefficient (Wildman–Crippen LogP) is 2.48. The maximum atomic E-state index is 14.7. The minimum Gasteiger partial charge on any atom is -0.460 e. The SMILES string of the molecule is CCOC(=O)C(=O)c1c(F)c(C(=O)Nc2ccc(F)c(C#N)c2)c(C)n1C. The molecular formula is C18H15F2N3O4. The zero-order valence-corrected chi connectivity index (χ0v) is 14.7. The standard InChI is InChI=1S/C18H15F2N3O4/c1-4-27-18(26)16(24)15-14(20)13(9(2)23(15)3)17(25)22-11-5-6-12(19)10(7-11)8-21/h5-7H,4H2,1-3H3,(H,22,25). The maximum absolute atomic E-state index is 14.7. The number of benzene rings is 1. The molecule has 0 unspecified atom stereocenters. The highest BCUT2D eigenvalue weighted by Crippen LogP contribution is 2.23. The summed E-state index contributed by atoms with van der Waals surface area (Å²) in [4.78, 5) is 36.2. The highest BCUT2D eigenvalue weighted by atomic mass is 19.1. The Hall–Kier alpha value is -3.54. The number of carbonyl (C=O) groups is 3. The van der Waals surface area contributed by atoms with E-state index in [0.717, 1.165) is 16.7 Å². The fraction of sp³-hybridized carbons (Fsp3) is 0.222. The van der Waals surface area contributed by atoms with Crippen molar-refractivity contribution in [3.8, 4) is 6.07 Å². The van der Waals surface area contributed by atoms with Crippen LogP contribution >= 0.6 is 0 Å². The number of nitrogens with zero attached hydrogens (tertiary/aromatic N) is 2. The monoisotopic (exact) mass is 375 g/mol. The predicted molar refractivity (Wildman–Crippen MR) is 90.1 cm³/mol. The van der Waals surface area contributed by atoms with Crippen molar-refractivity contribution in [3.63, 3.8) is 0 Å². The van der Waals surface area contributed by atoms with Crippen LogP contribution in [0.15, 0.2) is 18.2 Å². The Bertz CT molecular complexity index is 989. The van der Waals surface area contributed by atoms with Gasteiger partial charge >= 0.3 is 5.97 Å². The number of nitriles is 1. The van der Waals surface area contributed by atoms with Gasteiger partial charge in [0, 0.05) is 18.4 Å². The number of hydrogen-bond acceptors (Lipinski definition) is 5. The van der Waals surface area contributed by atoms with Crippen molar-refractivity contribution in [2.24, 2.45) is 7.05 Å². The first kappa shape index (κ1) is 19.8. The van der Waals surface area contributed by atoms with Crippen LogP contribution in [0, 0.1) is 29.9 Å². The van der Waals surface area contributed by atoms with Crippen molar-refractivity contribution in [3.05, 3.63) is 52.3 Å². The molecule has 0 fully saturated rings. The summed E-state index contributed by atoms with van der Waals surface area (Å²) in [5.41, 5.74) is -1.18. The van der Waals surface area contributed by atoms with Crippen molar-refractivity contribution >= 4 is 23.3 Å². The molecule has 2 rings (SSSR count). The van der Waals surface area contributed by atoms with Gasteiger partial charge in [-0.25, -0.2) is 13.6 Å². The third-order valence-corrected chi connectivity index (χ3v) is 3.88. The van der Waals surface area contributed by atoms with E-state index in [1.165, 1.54) is 27.0 Å². The van der Waals surface area contributed by atoms with E-state index in [-0.39, 0.29) is 23.6 Å². The molecule has 140 valence electrons. The highest BCUT2D eigenvalue weighted by molar-refractivity contribution is 6.40. The smallest absolute Gasteiger partial charge is 0.381 e. The van der Waals surface area contributed by atoms with Gasteiger partial charge in [-0.1, -0.05) is 0 Å². The fourth-order valence-electron chi connectivity index (χ4n) is 2.45. The first-order valence-corrected chi connectivity index (χ1v) is 7.80. The minimum absolute atomic E-state index is 0.0608. The Kier molecular flexibility index (Phi) is 5.70. The van der Waals surface area contributed by atoms with Gasteiger partial charge in [0.1, 0.15) is 17.6 Å². The molecular weight excluding hydrogens is 360 g/mol. The van der Waals surface area contributed by atoms with Gasteiger partial charge in [0.25, 0.3) is 11.7 Å². The summed E-state index contributed by atoms with van der Waals surface area (Å²) in [6.07, 6.45) is 0. The zero-order valence-electron chi connectivity index (χ0n) is 14.7. The number of ketones is 1. The molecule has 7 nitrogen and oxygen atoms in total. The van der Waals surface area contributed by atoms with Gasteiger partial charge in [-0.3, -0.25) is 9.59 Å². The van der Waals surface area contributed by atoms with E-state index in [4.69, 9.17) is 5.26 Å². The third-order valence-electron chi connectivity index (χ3n) is 3.88. The van der Waals surface area contributed by atoms with Crippen LogP contribution in [0.25, 0.3) is 0 Å². The Labute approximate surface area is 153 Å². The molecule has 1 aromatic carbocycles. The molecule has 0 saturated carbocycles. The second-order valence-corrected chi connectivity index (χ2v) is 5.49. The van der Waals surface area contributed by atoms with Gasteiger partial charge in [-0.15, -0.1) is 0 Å². The van der Waals surface area contributed by atoms with Crippen molar-refractivity contribution in [2.75, 3.05) is 11.9 Å². The normalized spacial score (nSPS) is 10.2. The molecule has 9 heteroatoms. The summed E-state index contributed by atoms with van der Waals surface area (Å²) < 4.78 is 33.8. The molecule has 0 radical (unpaired) electrons. The van der Waals surface area contributed by atoms with Crippen LogP contribution in [0.3, 0.4) is 0 Å². The summed E-state index contributed by atoms with van der Waals surface area (Å²) in [5, 5.41) is 11.2. The van der Waals surface area contributed by atoms with Gasteiger partial charge < -0.3 is 14.6 Å². The second-order valence-electron chi connectivity index (χ2n) is 5.49. The number of halogens is 2. The molecule has 0 saturated heterocycles. The molecule has 1 aromatic heterocycles. The van der Waals surface area contributed by atoms with Gasteiger partial charge in [0.15, 0.2) is 5.82 Å². The number of Topliss-reactive ketones (excluding diaryl/α,β-unsaturated/α-hetero) is 1. The number of carbonyl (C=O) groups excluding carboxylic acids is 3. The van der Waals surface area contributed by atoms with Crippen LogP contribution in [-0.2, 0) is 16.6 Å². The molecule has 1 N–H and O–H groups in total. The van der Waals surface area contributed by atoms with E-state index in [0.29, 0.717) is 0 Å². The van der Waals surface area contributed by atoms with Crippen LogP contribution in [0.4, 0.5) is 14.5 Å². The average Bonchev–Trinajstić information content (AvgIpc) is 2.85. The molecule has 2 aromatic rings. The van der Waals surface area contributed by atoms with Gasteiger partial charge in [-0.05, 0) is 32.0 Å². The largest absolute Gasteiger partial charge is 0.460 e.